The maximum absolute atomic E-state index is 12.7. The van der Waals surface area contributed by atoms with E-state index in [0.717, 1.165) is 30.5 Å². The Balaban J connectivity index is 3.14. The quantitative estimate of drug-likeness (QED) is 0.488. The molecule has 0 saturated carbocycles. The lowest BCUT2D eigenvalue weighted by Crippen LogP contribution is -2.49. The van der Waals surface area contributed by atoms with Crippen molar-refractivity contribution in [3.05, 3.63) is 35.7 Å². The Hall–Kier alpha value is -1.52. The molecule has 1 aromatic heterocycles. The molecule has 1 heterocycles. The standard InChI is InChI=1S/C22H35NO3/c1-7-8-9-10-20-11-12-23-21(14-20)15-22(19(5)24,26-16-25-6)18(4)13-17(2)3/h9-12,14,17-18H,7-8,13,15-16H2,1-6H3/b10-9+/t18-,22+/m0/s1. The van der Waals surface area contributed by atoms with E-state index in [1.54, 1.807) is 20.2 Å². The lowest BCUT2D eigenvalue weighted by Gasteiger charge is -2.37. The van der Waals surface area contributed by atoms with Gasteiger partial charge in [-0.05, 0) is 49.3 Å². The number of pyridine rings is 1. The van der Waals surface area contributed by atoms with E-state index >= 15 is 0 Å². The molecule has 2 atom stereocenters. The van der Waals surface area contributed by atoms with Crippen molar-refractivity contribution in [2.75, 3.05) is 13.9 Å². The van der Waals surface area contributed by atoms with Crippen molar-refractivity contribution in [2.45, 2.75) is 65.9 Å². The molecule has 4 heteroatoms. The molecule has 26 heavy (non-hydrogen) atoms. The summed E-state index contributed by atoms with van der Waals surface area (Å²) in [7, 11) is 1.58. The average molecular weight is 362 g/mol. The number of hydrogen-bond donors (Lipinski definition) is 0. The number of ketones is 1. The minimum absolute atomic E-state index is 0.0245. The molecule has 0 aliphatic carbocycles. The van der Waals surface area contributed by atoms with Crippen LogP contribution in [-0.2, 0) is 20.7 Å². The highest BCUT2D eigenvalue weighted by Crippen LogP contribution is 2.32. The van der Waals surface area contributed by atoms with E-state index < -0.39 is 5.60 Å². The first-order valence-electron chi connectivity index (χ1n) is 9.61. The second kappa shape index (κ2) is 11.2. The van der Waals surface area contributed by atoms with Gasteiger partial charge in [0, 0.05) is 25.4 Å². The molecule has 1 rings (SSSR count). The second-order valence-electron chi connectivity index (χ2n) is 7.48. The van der Waals surface area contributed by atoms with Crippen LogP contribution in [0.15, 0.2) is 24.4 Å². The number of allylic oxidation sites excluding steroid dienone is 1. The molecule has 0 fully saturated rings. The summed E-state index contributed by atoms with van der Waals surface area (Å²) in [5.74, 6) is 0.568. The number of Topliss-reactive ketones (excluding diaryl/α,β-unsaturated/α-hetero) is 1. The molecule has 0 saturated heterocycles. The first kappa shape index (κ1) is 22.5. The number of methoxy groups -OCH3 is 1. The van der Waals surface area contributed by atoms with E-state index in [1.807, 2.05) is 12.1 Å². The van der Waals surface area contributed by atoms with E-state index in [2.05, 4.69) is 44.8 Å². The van der Waals surface area contributed by atoms with Gasteiger partial charge in [-0.2, -0.15) is 0 Å². The van der Waals surface area contributed by atoms with Gasteiger partial charge in [0.05, 0.1) is 0 Å². The highest BCUT2D eigenvalue weighted by Gasteiger charge is 2.43. The molecule has 0 spiro atoms. The van der Waals surface area contributed by atoms with Crippen molar-refractivity contribution in [3.8, 4) is 0 Å². The molecular weight excluding hydrogens is 326 g/mol. The Morgan fingerprint density at radius 2 is 2.08 bits per heavy atom. The lowest BCUT2D eigenvalue weighted by atomic mass is 9.77. The molecule has 4 nitrogen and oxygen atoms in total. The smallest absolute Gasteiger partial charge is 0.162 e. The van der Waals surface area contributed by atoms with Gasteiger partial charge in [-0.3, -0.25) is 9.78 Å². The molecule has 0 unspecified atom stereocenters. The molecule has 0 amide bonds. The van der Waals surface area contributed by atoms with Crippen LogP contribution in [0.1, 0.15) is 65.1 Å². The highest BCUT2D eigenvalue weighted by atomic mass is 16.7. The first-order chi connectivity index (χ1) is 12.4. The third kappa shape index (κ3) is 6.65. The van der Waals surface area contributed by atoms with Gasteiger partial charge in [-0.25, -0.2) is 0 Å². The van der Waals surface area contributed by atoms with Crippen molar-refractivity contribution < 1.29 is 14.3 Å². The van der Waals surface area contributed by atoms with Gasteiger partial charge in [0.2, 0.25) is 0 Å². The molecule has 0 aliphatic heterocycles. The molecule has 0 aliphatic rings. The van der Waals surface area contributed by atoms with E-state index in [4.69, 9.17) is 9.47 Å². The summed E-state index contributed by atoms with van der Waals surface area (Å²) >= 11 is 0. The first-order valence-corrected chi connectivity index (χ1v) is 9.61. The number of nitrogens with zero attached hydrogens (tertiary/aromatic N) is 1. The van der Waals surface area contributed by atoms with Crippen molar-refractivity contribution in [1.82, 2.24) is 4.98 Å². The predicted molar refractivity (Wildman–Crippen MR) is 107 cm³/mol. The fraction of sp³-hybridized carbons (Fsp3) is 0.636. The topological polar surface area (TPSA) is 48.4 Å². The van der Waals surface area contributed by atoms with Gasteiger partial charge < -0.3 is 9.47 Å². The summed E-state index contributed by atoms with van der Waals surface area (Å²) in [6.45, 7) is 10.3. The molecule has 1 aromatic rings. The monoisotopic (exact) mass is 361 g/mol. The Labute approximate surface area is 159 Å². The van der Waals surface area contributed by atoms with Crippen LogP contribution >= 0.6 is 0 Å². The molecule has 146 valence electrons. The fourth-order valence-corrected chi connectivity index (χ4v) is 3.35. The van der Waals surface area contributed by atoms with Gasteiger partial charge in [0.1, 0.15) is 12.4 Å². The number of aromatic nitrogens is 1. The average Bonchev–Trinajstić information content (AvgIpc) is 2.58. The van der Waals surface area contributed by atoms with Gasteiger partial charge in [-0.1, -0.05) is 46.3 Å². The van der Waals surface area contributed by atoms with Gasteiger partial charge in [0.15, 0.2) is 5.78 Å². The summed E-state index contributed by atoms with van der Waals surface area (Å²) in [5.41, 5.74) is 1.05. The molecule has 0 bridgehead atoms. The highest BCUT2D eigenvalue weighted by molar-refractivity contribution is 5.85. The minimum Gasteiger partial charge on any atom is -0.359 e. The molecular formula is C22H35NO3. The van der Waals surface area contributed by atoms with Gasteiger partial charge >= 0.3 is 0 Å². The zero-order valence-corrected chi connectivity index (χ0v) is 17.2. The van der Waals surface area contributed by atoms with E-state index in [0.29, 0.717) is 12.3 Å². The maximum Gasteiger partial charge on any atom is 0.162 e. The summed E-state index contributed by atoms with van der Waals surface area (Å²) in [4.78, 5) is 17.2. The molecule has 0 aromatic carbocycles. The largest absolute Gasteiger partial charge is 0.359 e. The van der Waals surface area contributed by atoms with Crippen molar-refractivity contribution >= 4 is 11.9 Å². The number of ether oxygens (including phenoxy) is 2. The zero-order chi connectivity index (χ0) is 19.6. The number of carbonyl (C=O) groups is 1. The van der Waals surface area contributed by atoms with E-state index in [9.17, 15) is 4.79 Å². The van der Waals surface area contributed by atoms with Crippen LogP contribution in [-0.4, -0.2) is 30.3 Å². The van der Waals surface area contributed by atoms with Crippen LogP contribution in [0.5, 0.6) is 0 Å². The summed E-state index contributed by atoms with van der Waals surface area (Å²) in [6.07, 6.45) is 9.61. The Morgan fingerprint density at radius 3 is 2.65 bits per heavy atom. The normalized spacial score (nSPS) is 15.3. The second-order valence-corrected chi connectivity index (χ2v) is 7.48. The zero-order valence-electron chi connectivity index (χ0n) is 17.2. The predicted octanol–water partition coefficient (Wildman–Crippen LogP) is 5.07. The van der Waals surface area contributed by atoms with Crippen LogP contribution < -0.4 is 0 Å². The number of carbonyl (C=O) groups excluding carboxylic acids is 1. The van der Waals surface area contributed by atoms with Crippen LogP contribution in [0, 0.1) is 11.8 Å². The van der Waals surface area contributed by atoms with Crippen LogP contribution in [0.25, 0.3) is 6.08 Å². The third-order valence-corrected chi connectivity index (χ3v) is 4.70. The third-order valence-electron chi connectivity index (χ3n) is 4.70. The fourth-order valence-electron chi connectivity index (χ4n) is 3.35. The van der Waals surface area contributed by atoms with Crippen molar-refractivity contribution in [1.29, 1.82) is 0 Å². The van der Waals surface area contributed by atoms with Crippen LogP contribution in [0.3, 0.4) is 0 Å². The van der Waals surface area contributed by atoms with Crippen LogP contribution in [0.2, 0.25) is 0 Å². The number of unbranched alkanes of at least 4 members (excludes halogenated alkanes) is 1. The van der Waals surface area contributed by atoms with E-state index in [1.165, 1.54) is 0 Å². The van der Waals surface area contributed by atoms with Crippen LogP contribution in [0.4, 0.5) is 0 Å². The van der Waals surface area contributed by atoms with Gasteiger partial charge in [0.25, 0.3) is 0 Å². The summed E-state index contributed by atoms with van der Waals surface area (Å²) < 4.78 is 11.1. The van der Waals surface area contributed by atoms with Gasteiger partial charge in [-0.15, -0.1) is 0 Å². The Morgan fingerprint density at radius 1 is 1.35 bits per heavy atom. The van der Waals surface area contributed by atoms with Crippen molar-refractivity contribution in [3.63, 3.8) is 0 Å². The maximum atomic E-state index is 12.7. The lowest BCUT2D eigenvalue weighted by molar-refractivity contribution is -0.174. The Bertz CT molecular complexity index is 583. The molecule has 0 radical (unpaired) electrons. The number of hydrogen-bond acceptors (Lipinski definition) is 4. The van der Waals surface area contributed by atoms with Crippen molar-refractivity contribution in [2.24, 2.45) is 11.8 Å². The minimum atomic E-state index is -0.918. The molecule has 0 N–H and O–H groups in total. The number of rotatable bonds is 12. The SMILES string of the molecule is CCC/C=C/c1ccnc(C[C@](OCOC)(C(C)=O)[C@@H](C)CC(C)C)c1. The Kier molecular flexibility index (Phi) is 9.74. The van der Waals surface area contributed by atoms with E-state index in [-0.39, 0.29) is 18.5 Å². The summed E-state index contributed by atoms with van der Waals surface area (Å²) in [6, 6.07) is 4.03. The summed E-state index contributed by atoms with van der Waals surface area (Å²) in [5, 5.41) is 0.